The van der Waals surface area contributed by atoms with Crippen molar-refractivity contribution < 1.29 is 10.0 Å². The molecule has 0 aromatic rings. The molecule has 0 atom stereocenters. The fourth-order valence-corrected chi connectivity index (χ4v) is 0.897. The molecule has 0 aliphatic carbocycles. The van der Waals surface area contributed by atoms with Crippen LogP contribution in [0.2, 0.25) is 0 Å². The lowest BCUT2D eigenvalue weighted by Gasteiger charge is -2.13. The predicted octanol–water partition coefficient (Wildman–Crippen LogP) is 1.00. The van der Waals surface area contributed by atoms with Crippen LogP contribution >= 0.6 is 0 Å². The Hall–Kier alpha value is -1.06. The lowest BCUT2D eigenvalue weighted by Crippen LogP contribution is -2.32. The van der Waals surface area contributed by atoms with Crippen LogP contribution in [0, 0.1) is 0 Å². The minimum atomic E-state index is -0.571. The Bertz CT molecular complexity index is 206. The van der Waals surface area contributed by atoms with Gasteiger partial charge in [0.1, 0.15) is 11.4 Å². The highest BCUT2D eigenvalue weighted by atomic mass is 16.7. The molecule has 1 rings (SSSR count). The van der Waals surface area contributed by atoms with Crippen LogP contribution in [-0.4, -0.2) is 22.2 Å². The Morgan fingerprint density at radius 2 is 2.20 bits per heavy atom. The van der Waals surface area contributed by atoms with E-state index in [0.717, 1.165) is 0 Å². The summed E-state index contributed by atoms with van der Waals surface area (Å²) in [5, 5.41) is 15.2. The molecular formula is C6H10N2O2. The van der Waals surface area contributed by atoms with E-state index < -0.39 is 5.60 Å². The van der Waals surface area contributed by atoms with Crippen molar-refractivity contribution in [2.24, 2.45) is 10.3 Å². The second kappa shape index (κ2) is 1.97. The molecule has 1 heterocycles. The second-order valence-corrected chi connectivity index (χ2v) is 2.73. The third-order valence-corrected chi connectivity index (χ3v) is 1.42. The van der Waals surface area contributed by atoms with E-state index in [1.54, 1.807) is 20.8 Å². The Labute approximate surface area is 59.2 Å². The first-order valence-electron chi connectivity index (χ1n) is 3.03. The Kier molecular flexibility index (Phi) is 1.39. The molecule has 0 bridgehead atoms. The number of hydrogen-bond acceptors (Lipinski definition) is 4. The third kappa shape index (κ3) is 0.853. The Morgan fingerprint density at radius 1 is 1.60 bits per heavy atom. The molecule has 0 amide bonds. The van der Waals surface area contributed by atoms with Crippen LogP contribution in [0.1, 0.15) is 20.8 Å². The highest BCUT2D eigenvalue weighted by molar-refractivity contribution is 6.44. The van der Waals surface area contributed by atoms with Gasteiger partial charge in [0.15, 0.2) is 5.60 Å². The van der Waals surface area contributed by atoms with Crippen LogP contribution in [0.3, 0.4) is 0 Å². The highest BCUT2D eigenvalue weighted by Crippen LogP contribution is 2.19. The van der Waals surface area contributed by atoms with Gasteiger partial charge in [0.2, 0.25) is 0 Å². The molecule has 0 aromatic carbocycles. The molecule has 1 N–H and O–H groups in total. The summed E-state index contributed by atoms with van der Waals surface area (Å²) in [5.41, 5.74) is 0.554. The van der Waals surface area contributed by atoms with E-state index in [9.17, 15) is 0 Å². The van der Waals surface area contributed by atoms with Crippen molar-refractivity contribution >= 4 is 11.4 Å². The topological polar surface area (TPSA) is 54.2 Å². The lowest BCUT2D eigenvalue weighted by atomic mass is 10.0. The van der Waals surface area contributed by atoms with Crippen molar-refractivity contribution in [3.8, 4) is 0 Å². The minimum Gasteiger partial charge on any atom is -0.410 e. The number of hydrogen-bond donors (Lipinski definition) is 1. The van der Waals surface area contributed by atoms with E-state index in [1.165, 1.54) is 0 Å². The Balaban J connectivity index is 2.95. The van der Waals surface area contributed by atoms with Crippen molar-refractivity contribution in [1.29, 1.82) is 0 Å². The summed E-state index contributed by atoms with van der Waals surface area (Å²) in [7, 11) is 0. The van der Waals surface area contributed by atoms with Gasteiger partial charge in [0.25, 0.3) is 0 Å². The number of oxime groups is 2. The van der Waals surface area contributed by atoms with Crippen LogP contribution in [0.5, 0.6) is 0 Å². The zero-order valence-corrected chi connectivity index (χ0v) is 6.25. The minimum absolute atomic E-state index is 0.493. The Morgan fingerprint density at radius 3 is 2.40 bits per heavy atom. The third-order valence-electron chi connectivity index (χ3n) is 1.42. The molecule has 0 unspecified atom stereocenters. The van der Waals surface area contributed by atoms with E-state index in [1.807, 2.05) is 0 Å². The number of rotatable bonds is 0. The van der Waals surface area contributed by atoms with Gasteiger partial charge in [0.05, 0.1) is 0 Å². The average molecular weight is 142 g/mol. The second-order valence-electron chi connectivity index (χ2n) is 2.73. The van der Waals surface area contributed by atoms with Gasteiger partial charge < -0.3 is 10.0 Å². The van der Waals surface area contributed by atoms with Crippen molar-refractivity contribution in [1.82, 2.24) is 0 Å². The van der Waals surface area contributed by atoms with E-state index in [4.69, 9.17) is 10.0 Å². The monoisotopic (exact) mass is 142 g/mol. The van der Waals surface area contributed by atoms with Crippen LogP contribution in [0.15, 0.2) is 10.3 Å². The predicted molar refractivity (Wildman–Crippen MR) is 37.5 cm³/mol. The summed E-state index contributed by atoms with van der Waals surface area (Å²) in [5.74, 6) is 0. The van der Waals surface area contributed by atoms with E-state index in [2.05, 4.69) is 10.3 Å². The normalized spacial score (nSPS) is 26.3. The molecule has 4 nitrogen and oxygen atoms in total. The molecule has 56 valence electrons. The zero-order valence-electron chi connectivity index (χ0n) is 6.25. The molecule has 0 spiro atoms. The summed E-state index contributed by atoms with van der Waals surface area (Å²) >= 11 is 0. The van der Waals surface area contributed by atoms with Crippen molar-refractivity contribution in [3.63, 3.8) is 0 Å². The molecule has 0 fully saturated rings. The van der Waals surface area contributed by atoms with Crippen LogP contribution < -0.4 is 0 Å². The first-order valence-corrected chi connectivity index (χ1v) is 3.03. The lowest BCUT2D eigenvalue weighted by molar-refractivity contribution is 0.0506. The van der Waals surface area contributed by atoms with Gasteiger partial charge in [-0.25, -0.2) is 0 Å². The first-order chi connectivity index (χ1) is 4.58. The van der Waals surface area contributed by atoms with Crippen LogP contribution in [-0.2, 0) is 4.84 Å². The molecule has 1 aliphatic rings. The fourth-order valence-electron chi connectivity index (χ4n) is 0.897. The van der Waals surface area contributed by atoms with Gasteiger partial charge in [-0.05, 0) is 20.8 Å². The molecule has 10 heavy (non-hydrogen) atoms. The quantitative estimate of drug-likeness (QED) is 0.405. The van der Waals surface area contributed by atoms with Crippen LogP contribution in [0.25, 0.3) is 0 Å². The zero-order chi connectivity index (χ0) is 7.78. The van der Waals surface area contributed by atoms with Crippen molar-refractivity contribution in [2.75, 3.05) is 0 Å². The smallest absolute Gasteiger partial charge is 0.179 e. The first kappa shape index (κ1) is 7.05. The van der Waals surface area contributed by atoms with Gasteiger partial charge in [0, 0.05) is 0 Å². The summed E-state index contributed by atoms with van der Waals surface area (Å²) in [6.07, 6.45) is 0. The van der Waals surface area contributed by atoms with Gasteiger partial charge in [-0.3, -0.25) is 0 Å². The maximum Gasteiger partial charge on any atom is 0.179 e. The maximum absolute atomic E-state index is 8.50. The van der Waals surface area contributed by atoms with Gasteiger partial charge in [-0.2, -0.15) is 0 Å². The summed E-state index contributed by atoms with van der Waals surface area (Å²) in [4.78, 5) is 4.95. The molecule has 1 aliphatic heterocycles. The van der Waals surface area contributed by atoms with Crippen molar-refractivity contribution in [3.05, 3.63) is 0 Å². The molecule has 0 saturated heterocycles. The van der Waals surface area contributed by atoms with Gasteiger partial charge >= 0.3 is 0 Å². The SMILES string of the molecule is CC1=NOC(C)(C)/C1=N/O. The average Bonchev–Trinajstić information content (AvgIpc) is 2.07. The molecule has 0 radical (unpaired) electrons. The van der Waals surface area contributed by atoms with Gasteiger partial charge in [-0.15, -0.1) is 0 Å². The van der Waals surface area contributed by atoms with Gasteiger partial charge in [-0.1, -0.05) is 10.3 Å². The molecule has 4 heteroatoms. The number of nitrogens with zero attached hydrogens (tertiary/aromatic N) is 2. The fraction of sp³-hybridized carbons (Fsp3) is 0.667. The standard InChI is InChI=1S/C6H10N2O2/c1-4-5(7-9)6(2,3)10-8-4/h9H,1-3H3/b7-5+. The highest BCUT2D eigenvalue weighted by Gasteiger charge is 2.35. The molecule has 0 saturated carbocycles. The van der Waals surface area contributed by atoms with Crippen LogP contribution in [0.4, 0.5) is 0 Å². The summed E-state index contributed by atoms with van der Waals surface area (Å²) in [6, 6.07) is 0. The summed E-state index contributed by atoms with van der Waals surface area (Å²) < 4.78 is 0. The van der Waals surface area contributed by atoms with E-state index >= 15 is 0 Å². The molecular weight excluding hydrogens is 132 g/mol. The molecule has 0 aromatic heterocycles. The van der Waals surface area contributed by atoms with E-state index in [0.29, 0.717) is 11.4 Å². The van der Waals surface area contributed by atoms with E-state index in [-0.39, 0.29) is 0 Å². The van der Waals surface area contributed by atoms with Crippen molar-refractivity contribution in [2.45, 2.75) is 26.4 Å². The maximum atomic E-state index is 8.50. The summed E-state index contributed by atoms with van der Waals surface area (Å²) in [6.45, 7) is 5.33. The largest absolute Gasteiger partial charge is 0.410 e.